The molecule has 0 spiro atoms. The van der Waals surface area contributed by atoms with E-state index in [-0.39, 0.29) is 6.42 Å². The molecule has 0 amide bonds. The van der Waals surface area contributed by atoms with Crippen LogP contribution in [0.4, 0.5) is 0 Å². The van der Waals surface area contributed by atoms with Gasteiger partial charge in [-0.05, 0) is 0 Å². The molecule has 1 aliphatic rings. The minimum absolute atomic E-state index is 0.296. The van der Waals surface area contributed by atoms with Crippen LogP contribution in [0.2, 0.25) is 0 Å². The van der Waals surface area contributed by atoms with E-state index in [0.717, 1.165) is 0 Å². The fourth-order valence-corrected chi connectivity index (χ4v) is 1.68. The molecule has 3 N–H and O–H groups in total. The largest absolute Gasteiger partial charge is 0.479 e. The SMILES string of the molecule is O=C(O)[C@H]1C[C@@H](O)[C@H](OS(=O)(=O)O)CO1. The summed E-state index contributed by atoms with van der Waals surface area (Å²) < 4.78 is 37.7. The number of carboxylic acids is 1. The van der Waals surface area contributed by atoms with Crippen molar-refractivity contribution in [3.63, 3.8) is 0 Å². The van der Waals surface area contributed by atoms with Crippen molar-refractivity contribution >= 4 is 16.4 Å². The van der Waals surface area contributed by atoms with Crippen LogP contribution in [0.3, 0.4) is 0 Å². The number of aliphatic hydroxyl groups is 1. The number of hydrogen-bond donors (Lipinski definition) is 3. The van der Waals surface area contributed by atoms with E-state index in [0.29, 0.717) is 0 Å². The molecular formula is C6H10O8S. The summed E-state index contributed by atoms with van der Waals surface area (Å²) in [6.07, 6.45) is -4.09. The summed E-state index contributed by atoms with van der Waals surface area (Å²) in [4.78, 5) is 10.4. The topological polar surface area (TPSA) is 130 Å². The van der Waals surface area contributed by atoms with Crippen molar-refractivity contribution in [3.05, 3.63) is 0 Å². The molecule has 15 heavy (non-hydrogen) atoms. The van der Waals surface area contributed by atoms with Gasteiger partial charge < -0.3 is 14.9 Å². The number of carboxylic acid groups (broad SMARTS) is 1. The van der Waals surface area contributed by atoms with Crippen LogP contribution in [0.5, 0.6) is 0 Å². The van der Waals surface area contributed by atoms with Gasteiger partial charge in [-0.1, -0.05) is 0 Å². The van der Waals surface area contributed by atoms with Gasteiger partial charge in [-0.25, -0.2) is 8.98 Å². The number of aliphatic carboxylic acids is 1. The number of rotatable bonds is 3. The molecule has 1 rings (SSSR count). The molecular weight excluding hydrogens is 232 g/mol. The highest BCUT2D eigenvalue weighted by atomic mass is 32.3. The normalized spacial score (nSPS) is 32.5. The molecule has 0 aromatic carbocycles. The van der Waals surface area contributed by atoms with Crippen molar-refractivity contribution in [1.29, 1.82) is 0 Å². The average Bonchev–Trinajstić information content (AvgIpc) is 2.05. The molecule has 1 fully saturated rings. The van der Waals surface area contributed by atoms with Crippen molar-refractivity contribution in [2.45, 2.75) is 24.7 Å². The lowest BCUT2D eigenvalue weighted by molar-refractivity contribution is -0.166. The van der Waals surface area contributed by atoms with Crippen LogP contribution < -0.4 is 0 Å². The zero-order valence-electron chi connectivity index (χ0n) is 7.44. The van der Waals surface area contributed by atoms with Crippen molar-refractivity contribution in [2.75, 3.05) is 6.61 Å². The maximum Gasteiger partial charge on any atom is 0.397 e. The Balaban J connectivity index is 2.57. The van der Waals surface area contributed by atoms with E-state index in [1.165, 1.54) is 0 Å². The van der Waals surface area contributed by atoms with Gasteiger partial charge in [0, 0.05) is 6.42 Å². The van der Waals surface area contributed by atoms with Crippen LogP contribution in [0, 0.1) is 0 Å². The predicted octanol–water partition coefficient (Wildman–Crippen LogP) is -1.59. The van der Waals surface area contributed by atoms with Crippen LogP contribution in [0.15, 0.2) is 0 Å². The second-order valence-corrected chi connectivity index (χ2v) is 4.07. The van der Waals surface area contributed by atoms with Crippen molar-refractivity contribution in [3.8, 4) is 0 Å². The van der Waals surface area contributed by atoms with Crippen LogP contribution in [0.25, 0.3) is 0 Å². The first-order valence-corrected chi connectivity index (χ1v) is 5.34. The van der Waals surface area contributed by atoms with Gasteiger partial charge in [0.25, 0.3) is 0 Å². The Morgan fingerprint density at radius 2 is 2.07 bits per heavy atom. The lowest BCUT2D eigenvalue weighted by Gasteiger charge is -2.29. The molecule has 0 radical (unpaired) electrons. The third-order valence-corrected chi connectivity index (χ3v) is 2.36. The first-order valence-electron chi connectivity index (χ1n) is 3.98. The number of ether oxygens (including phenoxy) is 1. The van der Waals surface area contributed by atoms with E-state index in [1.54, 1.807) is 0 Å². The summed E-state index contributed by atoms with van der Waals surface area (Å²) >= 11 is 0. The number of aliphatic hydroxyl groups excluding tert-OH is 1. The fraction of sp³-hybridized carbons (Fsp3) is 0.833. The van der Waals surface area contributed by atoms with Gasteiger partial charge in [0.05, 0.1) is 12.7 Å². The lowest BCUT2D eigenvalue weighted by atomic mass is 10.0. The second-order valence-electron chi connectivity index (χ2n) is 3.03. The summed E-state index contributed by atoms with van der Waals surface area (Å²) in [6, 6.07) is 0. The Hall–Kier alpha value is -0.740. The molecule has 1 saturated heterocycles. The van der Waals surface area contributed by atoms with Crippen LogP contribution in [0.1, 0.15) is 6.42 Å². The summed E-state index contributed by atoms with van der Waals surface area (Å²) in [6.45, 7) is -0.419. The lowest BCUT2D eigenvalue weighted by Crippen LogP contribution is -2.46. The summed E-state index contributed by atoms with van der Waals surface area (Å²) in [5.74, 6) is -1.25. The number of carbonyl (C=O) groups is 1. The molecule has 0 unspecified atom stereocenters. The van der Waals surface area contributed by atoms with Crippen LogP contribution >= 0.6 is 0 Å². The maximum absolute atomic E-state index is 10.4. The Morgan fingerprint density at radius 1 is 1.47 bits per heavy atom. The highest BCUT2D eigenvalue weighted by molar-refractivity contribution is 7.80. The minimum atomic E-state index is -4.68. The summed E-state index contributed by atoms with van der Waals surface area (Å²) in [7, 11) is -4.68. The number of hydrogen-bond acceptors (Lipinski definition) is 6. The van der Waals surface area contributed by atoms with E-state index in [1.807, 2.05) is 0 Å². The van der Waals surface area contributed by atoms with Gasteiger partial charge in [-0.3, -0.25) is 4.55 Å². The molecule has 8 nitrogen and oxygen atoms in total. The third kappa shape index (κ3) is 3.72. The van der Waals surface area contributed by atoms with Crippen molar-refractivity contribution in [2.24, 2.45) is 0 Å². The Labute approximate surface area is 85.4 Å². The molecule has 0 aromatic rings. The molecule has 9 heteroatoms. The van der Waals surface area contributed by atoms with Crippen molar-refractivity contribution in [1.82, 2.24) is 0 Å². The third-order valence-electron chi connectivity index (χ3n) is 1.87. The smallest absolute Gasteiger partial charge is 0.397 e. The Morgan fingerprint density at radius 3 is 2.47 bits per heavy atom. The van der Waals surface area contributed by atoms with E-state index in [9.17, 15) is 18.3 Å². The maximum atomic E-state index is 10.4. The molecule has 88 valence electrons. The molecule has 0 bridgehead atoms. The average molecular weight is 242 g/mol. The Kier molecular flexibility index (Phi) is 3.62. The van der Waals surface area contributed by atoms with Crippen LogP contribution in [-0.2, 0) is 24.1 Å². The van der Waals surface area contributed by atoms with Gasteiger partial charge >= 0.3 is 16.4 Å². The fourth-order valence-electron chi connectivity index (χ4n) is 1.18. The van der Waals surface area contributed by atoms with Gasteiger partial charge in [0.15, 0.2) is 6.10 Å². The molecule has 0 aliphatic carbocycles. The van der Waals surface area contributed by atoms with Crippen LogP contribution in [-0.4, -0.2) is 54.1 Å². The van der Waals surface area contributed by atoms with E-state index >= 15 is 0 Å². The van der Waals surface area contributed by atoms with E-state index < -0.39 is 41.3 Å². The van der Waals surface area contributed by atoms with E-state index in [2.05, 4.69) is 4.18 Å². The zero-order chi connectivity index (χ0) is 11.6. The first-order chi connectivity index (χ1) is 6.79. The van der Waals surface area contributed by atoms with Crippen molar-refractivity contribution < 1.29 is 36.9 Å². The molecule has 0 saturated carbocycles. The Bertz CT molecular complexity index is 335. The second kappa shape index (κ2) is 4.41. The van der Waals surface area contributed by atoms with E-state index in [4.69, 9.17) is 14.4 Å². The first kappa shape index (κ1) is 12.3. The summed E-state index contributed by atoms with van der Waals surface area (Å²) in [5, 5.41) is 17.8. The standard InChI is InChI=1S/C6H10O8S/c7-3-1-4(6(8)9)13-2-5(3)14-15(10,11)12/h3-5,7H,1-2H2,(H,8,9)(H,10,11,12)/t3-,4-,5-/m1/s1. The molecule has 1 aliphatic heterocycles. The predicted molar refractivity (Wildman–Crippen MR) is 44.4 cm³/mol. The molecule has 1 heterocycles. The van der Waals surface area contributed by atoms with Gasteiger partial charge in [-0.15, -0.1) is 0 Å². The van der Waals surface area contributed by atoms with Gasteiger partial charge in [0.2, 0.25) is 0 Å². The van der Waals surface area contributed by atoms with Gasteiger partial charge in [-0.2, -0.15) is 8.42 Å². The molecule has 0 aromatic heterocycles. The minimum Gasteiger partial charge on any atom is -0.479 e. The van der Waals surface area contributed by atoms with Gasteiger partial charge in [0.1, 0.15) is 6.10 Å². The summed E-state index contributed by atoms with van der Waals surface area (Å²) in [5.41, 5.74) is 0. The highest BCUT2D eigenvalue weighted by Crippen LogP contribution is 2.18. The molecule has 3 atom stereocenters. The zero-order valence-corrected chi connectivity index (χ0v) is 8.25. The quantitative estimate of drug-likeness (QED) is 0.505. The highest BCUT2D eigenvalue weighted by Gasteiger charge is 2.36. The monoisotopic (exact) mass is 242 g/mol.